The Kier molecular flexibility index (Phi) is 5.41. The second kappa shape index (κ2) is 7.07. The zero-order chi connectivity index (χ0) is 12.8. The number of halogens is 1. The van der Waals surface area contributed by atoms with Gasteiger partial charge < -0.3 is 14.2 Å². The topological polar surface area (TPSA) is 40.6 Å². The van der Waals surface area contributed by atoms with E-state index in [0.29, 0.717) is 12.5 Å². The smallest absolute Gasteiger partial charge is 0.213 e. The summed E-state index contributed by atoms with van der Waals surface area (Å²) >= 11 is 3.48. The van der Waals surface area contributed by atoms with Crippen LogP contribution in [-0.2, 0) is 15.9 Å². The van der Waals surface area contributed by atoms with Crippen molar-refractivity contribution in [1.82, 2.24) is 4.98 Å². The molecule has 18 heavy (non-hydrogen) atoms. The largest absolute Gasteiger partial charge is 0.481 e. The molecule has 0 aromatic carbocycles. The second-order valence-corrected chi connectivity index (χ2v) is 5.09. The molecule has 2 rings (SSSR count). The highest BCUT2D eigenvalue weighted by Crippen LogP contribution is 2.21. The average Bonchev–Trinajstić information content (AvgIpc) is 2.42. The molecule has 4 nitrogen and oxygen atoms in total. The maximum atomic E-state index is 5.71. The third-order valence-corrected chi connectivity index (χ3v) is 3.65. The lowest BCUT2D eigenvalue weighted by Gasteiger charge is -2.22. The molecule has 5 heteroatoms. The standard InChI is InChI=1S/C13H18BrNO3/c1-16-12-8-10(11(14)9-15-12)5-7-18-13-4-2-3-6-17-13/h8-9,13H,2-7H2,1H3/t13-/m1/s1. The number of aromatic nitrogens is 1. The summed E-state index contributed by atoms with van der Waals surface area (Å²) in [6.07, 6.45) is 5.89. The van der Waals surface area contributed by atoms with Crippen LogP contribution in [0.5, 0.6) is 5.88 Å². The van der Waals surface area contributed by atoms with E-state index < -0.39 is 0 Å². The molecule has 0 spiro atoms. The molecule has 0 unspecified atom stereocenters. The highest BCUT2D eigenvalue weighted by molar-refractivity contribution is 9.10. The van der Waals surface area contributed by atoms with Crippen LogP contribution in [0.25, 0.3) is 0 Å². The molecule has 1 saturated heterocycles. The number of hydrogen-bond donors (Lipinski definition) is 0. The molecule has 1 aliphatic heterocycles. The number of methoxy groups -OCH3 is 1. The van der Waals surface area contributed by atoms with Gasteiger partial charge in [0.1, 0.15) is 0 Å². The van der Waals surface area contributed by atoms with Gasteiger partial charge in [-0.25, -0.2) is 4.98 Å². The maximum Gasteiger partial charge on any atom is 0.213 e. The predicted octanol–water partition coefficient (Wildman–Crippen LogP) is 2.94. The minimum atomic E-state index is -0.0266. The molecular weight excluding hydrogens is 298 g/mol. The van der Waals surface area contributed by atoms with Crippen molar-refractivity contribution in [3.05, 3.63) is 22.3 Å². The Hall–Kier alpha value is -0.650. The quantitative estimate of drug-likeness (QED) is 0.837. The van der Waals surface area contributed by atoms with Crippen molar-refractivity contribution in [2.45, 2.75) is 32.0 Å². The highest BCUT2D eigenvalue weighted by atomic mass is 79.9. The summed E-state index contributed by atoms with van der Waals surface area (Å²) in [6.45, 7) is 1.47. The fraction of sp³-hybridized carbons (Fsp3) is 0.615. The van der Waals surface area contributed by atoms with Gasteiger partial charge in [0.2, 0.25) is 5.88 Å². The zero-order valence-electron chi connectivity index (χ0n) is 10.5. The summed E-state index contributed by atoms with van der Waals surface area (Å²) in [4.78, 5) is 4.12. The molecule has 0 aliphatic carbocycles. The van der Waals surface area contributed by atoms with E-state index in [1.807, 2.05) is 6.07 Å². The van der Waals surface area contributed by atoms with E-state index >= 15 is 0 Å². The fourth-order valence-corrected chi connectivity index (χ4v) is 2.32. The summed E-state index contributed by atoms with van der Waals surface area (Å²) in [5.41, 5.74) is 1.14. The van der Waals surface area contributed by atoms with E-state index in [1.54, 1.807) is 13.3 Å². The molecule has 1 atom stereocenters. The molecule has 1 aromatic heterocycles. The number of rotatable bonds is 5. The van der Waals surface area contributed by atoms with Crippen molar-refractivity contribution in [2.75, 3.05) is 20.3 Å². The van der Waals surface area contributed by atoms with Gasteiger partial charge >= 0.3 is 0 Å². The van der Waals surface area contributed by atoms with E-state index in [1.165, 1.54) is 6.42 Å². The van der Waals surface area contributed by atoms with Crippen LogP contribution < -0.4 is 4.74 Å². The van der Waals surface area contributed by atoms with Crippen molar-refractivity contribution in [2.24, 2.45) is 0 Å². The van der Waals surface area contributed by atoms with Gasteiger partial charge in [0.05, 0.1) is 13.7 Å². The van der Waals surface area contributed by atoms with Crippen molar-refractivity contribution in [1.29, 1.82) is 0 Å². The molecule has 0 saturated carbocycles. The second-order valence-electron chi connectivity index (χ2n) is 4.23. The summed E-state index contributed by atoms with van der Waals surface area (Å²) in [6, 6.07) is 1.93. The Bertz CT molecular complexity index is 380. The maximum absolute atomic E-state index is 5.71. The van der Waals surface area contributed by atoms with Gasteiger partial charge in [0.15, 0.2) is 6.29 Å². The molecule has 1 aromatic rings. The third kappa shape index (κ3) is 3.93. The van der Waals surface area contributed by atoms with Gasteiger partial charge in [-0.3, -0.25) is 0 Å². The first kappa shape index (κ1) is 13.8. The molecule has 0 N–H and O–H groups in total. The first-order valence-corrected chi connectivity index (χ1v) is 7.00. The SMILES string of the molecule is COc1cc(CCO[C@@H]2CCCCO2)c(Br)cn1. The summed E-state index contributed by atoms with van der Waals surface area (Å²) in [7, 11) is 1.62. The van der Waals surface area contributed by atoms with E-state index in [9.17, 15) is 0 Å². The van der Waals surface area contributed by atoms with Gasteiger partial charge in [0, 0.05) is 23.3 Å². The van der Waals surface area contributed by atoms with Crippen LogP contribution in [-0.4, -0.2) is 31.6 Å². The Morgan fingerprint density at radius 1 is 1.50 bits per heavy atom. The molecule has 0 bridgehead atoms. The van der Waals surface area contributed by atoms with E-state index in [-0.39, 0.29) is 6.29 Å². The van der Waals surface area contributed by atoms with Crippen LogP contribution >= 0.6 is 15.9 Å². The Labute approximate surface area is 116 Å². The van der Waals surface area contributed by atoms with Gasteiger partial charge in [-0.1, -0.05) is 0 Å². The van der Waals surface area contributed by atoms with Gasteiger partial charge in [-0.2, -0.15) is 0 Å². The summed E-state index contributed by atoms with van der Waals surface area (Å²) in [5.74, 6) is 0.627. The Morgan fingerprint density at radius 3 is 3.11 bits per heavy atom. The van der Waals surface area contributed by atoms with Crippen molar-refractivity contribution >= 4 is 15.9 Å². The predicted molar refractivity (Wildman–Crippen MR) is 71.7 cm³/mol. The van der Waals surface area contributed by atoms with E-state index in [0.717, 1.165) is 35.9 Å². The van der Waals surface area contributed by atoms with E-state index in [2.05, 4.69) is 20.9 Å². The van der Waals surface area contributed by atoms with Crippen LogP contribution in [0.2, 0.25) is 0 Å². The lowest BCUT2D eigenvalue weighted by molar-refractivity contribution is -0.161. The molecule has 1 aliphatic rings. The molecule has 0 radical (unpaired) electrons. The van der Waals surface area contributed by atoms with Crippen LogP contribution in [0, 0.1) is 0 Å². The minimum absolute atomic E-state index is 0.0266. The first-order chi connectivity index (χ1) is 8.79. The van der Waals surface area contributed by atoms with Crippen molar-refractivity contribution < 1.29 is 14.2 Å². The Morgan fingerprint density at radius 2 is 2.39 bits per heavy atom. The van der Waals surface area contributed by atoms with Crippen LogP contribution in [0.15, 0.2) is 16.7 Å². The molecule has 100 valence electrons. The zero-order valence-corrected chi connectivity index (χ0v) is 12.1. The monoisotopic (exact) mass is 315 g/mol. The molecular formula is C13H18BrNO3. The number of ether oxygens (including phenoxy) is 3. The van der Waals surface area contributed by atoms with Crippen LogP contribution in [0.1, 0.15) is 24.8 Å². The number of nitrogens with zero attached hydrogens (tertiary/aromatic N) is 1. The molecule has 0 amide bonds. The first-order valence-electron chi connectivity index (χ1n) is 6.21. The highest BCUT2D eigenvalue weighted by Gasteiger charge is 2.14. The van der Waals surface area contributed by atoms with Crippen LogP contribution in [0.4, 0.5) is 0 Å². The van der Waals surface area contributed by atoms with Gasteiger partial charge in [-0.15, -0.1) is 0 Å². The van der Waals surface area contributed by atoms with Crippen LogP contribution in [0.3, 0.4) is 0 Å². The lowest BCUT2D eigenvalue weighted by Crippen LogP contribution is -2.23. The molecule has 2 heterocycles. The average molecular weight is 316 g/mol. The Balaban J connectivity index is 1.81. The van der Waals surface area contributed by atoms with Crippen molar-refractivity contribution in [3.8, 4) is 5.88 Å². The lowest BCUT2D eigenvalue weighted by atomic mass is 10.2. The van der Waals surface area contributed by atoms with Gasteiger partial charge in [-0.05, 0) is 47.2 Å². The summed E-state index contributed by atoms with van der Waals surface area (Å²) in [5, 5.41) is 0. The molecule has 1 fully saturated rings. The van der Waals surface area contributed by atoms with E-state index in [4.69, 9.17) is 14.2 Å². The summed E-state index contributed by atoms with van der Waals surface area (Å²) < 4.78 is 17.3. The number of pyridine rings is 1. The normalized spacial score (nSPS) is 19.8. The van der Waals surface area contributed by atoms with Gasteiger partial charge in [0.25, 0.3) is 0 Å². The fourth-order valence-electron chi connectivity index (χ4n) is 1.90. The van der Waals surface area contributed by atoms with Crippen molar-refractivity contribution in [3.63, 3.8) is 0 Å². The number of hydrogen-bond acceptors (Lipinski definition) is 4. The third-order valence-electron chi connectivity index (χ3n) is 2.93. The minimum Gasteiger partial charge on any atom is -0.481 e.